The Morgan fingerprint density at radius 1 is 1.47 bits per heavy atom. The van der Waals surface area contributed by atoms with Crippen molar-refractivity contribution in [1.29, 1.82) is 5.41 Å². The largest absolute Gasteiger partial charge is 0.384 e. The molecule has 0 radical (unpaired) electrons. The first-order valence-electron chi connectivity index (χ1n) is 5.92. The molecule has 17 heavy (non-hydrogen) atoms. The van der Waals surface area contributed by atoms with Gasteiger partial charge < -0.3 is 5.73 Å². The molecule has 92 valence electrons. The van der Waals surface area contributed by atoms with Crippen LogP contribution >= 0.6 is 11.8 Å². The van der Waals surface area contributed by atoms with Crippen molar-refractivity contribution in [1.82, 2.24) is 4.90 Å². The Bertz CT molecular complexity index is 388. The topological polar surface area (TPSA) is 53.1 Å². The molecule has 3 nitrogen and oxygen atoms in total. The van der Waals surface area contributed by atoms with Crippen LogP contribution in [0.2, 0.25) is 0 Å². The van der Waals surface area contributed by atoms with Crippen LogP contribution in [0.25, 0.3) is 0 Å². The van der Waals surface area contributed by atoms with Crippen LogP contribution < -0.4 is 5.73 Å². The smallest absolute Gasteiger partial charge is 0.122 e. The summed E-state index contributed by atoms with van der Waals surface area (Å²) in [6.07, 6.45) is 0. The van der Waals surface area contributed by atoms with E-state index in [1.165, 1.54) is 23.6 Å². The number of rotatable bonds is 3. The van der Waals surface area contributed by atoms with Crippen LogP contribution in [-0.2, 0) is 6.54 Å². The summed E-state index contributed by atoms with van der Waals surface area (Å²) in [5.41, 5.74) is 7.54. The zero-order chi connectivity index (χ0) is 12.3. The first-order valence-corrected chi connectivity index (χ1v) is 7.07. The van der Waals surface area contributed by atoms with Gasteiger partial charge in [0.25, 0.3) is 0 Å². The molecule has 0 bridgehead atoms. The molecule has 4 heteroatoms. The van der Waals surface area contributed by atoms with Gasteiger partial charge in [0.1, 0.15) is 5.84 Å². The first-order chi connectivity index (χ1) is 8.16. The lowest BCUT2D eigenvalue weighted by Gasteiger charge is -2.32. The number of hydrogen-bond donors (Lipinski definition) is 2. The van der Waals surface area contributed by atoms with E-state index < -0.39 is 0 Å². The van der Waals surface area contributed by atoms with E-state index in [2.05, 4.69) is 24.0 Å². The molecule has 2 rings (SSSR count). The summed E-state index contributed by atoms with van der Waals surface area (Å²) < 4.78 is 0. The number of nitrogen functional groups attached to an aromatic ring is 1. The second-order valence-corrected chi connectivity index (χ2v) is 5.65. The lowest BCUT2D eigenvalue weighted by atomic mass is 10.1. The molecule has 1 aliphatic rings. The number of benzene rings is 1. The number of nitrogens with one attached hydrogen (secondary N) is 1. The average molecular weight is 249 g/mol. The first kappa shape index (κ1) is 12.5. The van der Waals surface area contributed by atoms with Gasteiger partial charge in [0.2, 0.25) is 0 Å². The maximum atomic E-state index is 7.36. The highest BCUT2D eigenvalue weighted by atomic mass is 32.2. The third-order valence-electron chi connectivity index (χ3n) is 3.16. The van der Waals surface area contributed by atoms with E-state index in [1.54, 1.807) is 0 Å². The SMILES string of the molecule is CC1CSCCN1Cc1ccc(C(=N)N)cc1. The fourth-order valence-electron chi connectivity index (χ4n) is 2.02. The highest BCUT2D eigenvalue weighted by Gasteiger charge is 2.18. The summed E-state index contributed by atoms with van der Waals surface area (Å²) in [4.78, 5) is 2.51. The van der Waals surface area contributed by atoms with E-state index in [-0.39, 0.29) is 5.84 Å². The Kier molecular flexibility index (Phi) is 4.07. The zero-order valence-electron chi connectivity index (χ0n) is 10.1. The van der Waals surface area contributed by atoms with E-state index in [9.17, 15) is 0 Å². The van der Waals surface area contributed by atoms with Gasteiger partial charge in [0.15, 0.2) is 0 Å². The molecule has 1 atom stereocenters. The quantitative estimate of drug-likeness (QED) is 0.635. The molecule has 1 aromatic carbocycles. The van der Waals surface area contributed by atoms with E-state index in [0.717, 1.165) is 12.1 Å². The molecule has 1 saturated heterocycles. The Labute approximate surface area is 107 Å². The van der Waals surface area contributed by atoms with Gasteiger partial charge in [0.05, 0.1) is 0 Å². The second kappa shape index (κ2) is 5.56. The maximum Gasteiger partial charge on any atom is 0.122 e. The highest BCUT2D eigenvalue weighted by molar-refractivity contribution is 7.99. The fraction of sp³-hybridized carbons (Fsp3) is 0.462. The highest BCUT2D eigenvalue weighted by Crippen LogP contribution is 2.18. The van der Waals surface area contributed by atoms with Crippen LogP contribution in [0, 0.1) is 5.41 Å². The maximum absolute atomic E-state index is 7.36. The number of amidine groups is 1. The molecular formula is C13H19N3S. The molecule has 1 aromatic rings. The van der Waals surface area contributed by atoms with Gasteiger partial charge in [-0.05, 0) is 12.5 Å². The molecule has 1 aliphatic heterocycles. The third-order valence-corrected chi connectivity index (χ3v) is 4.35. The summed E-state index contributed by atoms with van der Waals surface area (Å²) in [7, 11) is 0. The van der Waals surface area contributed by atoms with Crippen molar-refractivity contribution in [3.63, 3.8) is 0 Å². The summed E-state index contributed by atoms with van der Waals surface area (Å²) >= 11 is 2.04. The number of thioether (sulfide) groups is 1. The molecule has 0 aromatic heterocycles. The average Bonchev–Trinajstić information content (AvgIpc) is 2.33. The normalized spacial score (nSPS) is 21.4. The predicted molar refractivity (Wildman–Crippen MR) is 74.7 cm³/mol. The standard InChI is InChI=1S/C13H19N3S/c1-10-9-17-7-6-16(10)8-11-2-4-12(5-3-11)13(14)15/h2-5,10H,6-9H2,1H3,(H3,14,15). The van der Waals surface area contributed by atoms with Crippen molar-refractivity contribution in [2.45, 2.75) is 19.5 Å². The molecule has 0 saturated carbocycles. The van der Waals surface area contributed by atoms with E-state index in [1.807, 2.05) is 23.9 Å². The van der Waals surface area contributed by atoms with Crippen LogP contribution in [-0.4, -0.2) is 34.8 Å². The molecular weight excluding hydrogens is 230 g/mol. The van der Waals surface area contributed by atoms with Gasteiger partial charge >= 0.3 is 0 Å². The Hall–Kier alpha value is -1.00. The van der Waals surface area contributed by atoms with Crippen LogP contribution in [0.5, 0.6) is 0 Å². The number of nitrogens with zero attached hydrogens (tertiary/aromatic N) is 1. The molecule has 0 amide bonds. The van der Waals surface area contributed by atoms with E-state index in [4.69, 9.17) is 11.1 Å². The van der Waals surface area contributed by atoms with E-state index in [0.29, 0.717) is 6.04 Å². The van der Waals surface area contributed by atoms with Crippen molar-refractivity contribution in [2.75, 3.05) is 18.1 Å². The molecule has 0 aliphatic carbocycles. The van der Waals surface area contributed by atoms with Gasteiger partial charge in [-0.25, -0.2) is 0 Å². The Morgan fingerprint density at radius 3 is 2.76 bits per heavy atom. The van der Waals surface area contributed by atoms with Crippen LogP contribution in [0.15, 0.2) is 24.3 Å². The van der Waals surface area contributed by atoms with Crippen LogP contribution in [0.1, 0.15) is 18.1 Å². The summed E-state index contributed by atoms with van der Waals surface area (Å²) in [5, 5.41) is 7.36. The molecule has 1 unspecified atom stereocenters. The van der Waals surface area contributed by atoms with Crippen molar-refractivity contribution in [2.24, 2.45) is 5.73 Å². The van der Waals surface area contributed by atoms with Gasteiger partial charge in [-0.3, -0.25) is 10.3 Å². The monoisotopic (exact) mass is 249 g/mol. The summed E-state index contributed by atoms with van der Waals surface area (Å²) in [6, 6.07) is 8.67. The lowest BCUT2D eigenvalue weighted by molar-refractivity contribution is 0.224. The molecule has 3 N–H and O–H groups in total. The van der Waals surface area contributed by atoms with Crippen molar-refractivity contribution in [3.05, 3.63) is 35.4 Å². The third kappa shape index (κ3) is 3.23. The fourth-order valence-corrected chi connectivity index (χ4v) is 3.10. The van der Waals surface area contributed by atoms with Crippen molar-refractivity contribution >= 4 is 17.6 Å². The molecule has 0 spiro atoms. The summed E-state index contributed by atoms with van der Waals surface area (Å²) in [6.45, 7) is 4.45. The summed E-state index contributed by atoms with van der Waals surface area (Å²) in [5.74, 6) is 2.60. The minimum Gasteiger partial charge on any atom is -0.384 e. The van der Waals surface area contributed by atoms with Crippen LogP contribution in [0.3, 0.4) is 0 Å². The Balaban J connectivity index is 2.00. The van der Waals surface area contributed by atoms with Gasteiger partial charge in [-0.2, -0.15) is 11.8 Å². The van der Waals surface area contributed by atoms with Crippen molar-refractivity contribution < 1.29 is 0 Å². The van der Waals surface area contributed by atoms with Gasteiger partial charge in [-0.1, -0.05) is 24.3 Å². The molecule has 1 fully saturated rings. The lowest BCUT2D eigenvalue weighted by Crippen LogP contribution is -2.39. The Morgan fingerprint density at radius 2 is 2.18 bits per heavy atom. The molecule has 1 heterocycles. The minimum absolute atomic E-state index is 0.138. The van der Waals surface area contributed by atoms with Crippen molar-refractivity contribution in [3.8, 4) is 0 Å². The van der Waals surface area contributed by atoms with Gasteiger partial charge in [0, 0.05) is 36.2 Å². The zero-order valence-corrected chi connectivity index (χ0v) is 11.0. The van der Waals surface area contributed by atoms with Crippen LogP contribution in [0.4, 0.5) is 0 Å². The second-order valence-electron chi connectivity index (χ2n) is 4.51. The van der Waals surface area contributed by atoms with Gasteiger partial charge in [-0.15, -0.1) is 0 Å². The number of nitrogens with two attached hydrogens (primary N) is 1. The predicted octanol–water partition coefficient (Wildman–Crippen LogP) is 1.91. The van der Waals surface area contributed by atoms with E-state index >= 15 is 0 Å². The minimum atomic E-state index is 0.138. The number of hydrogen-bond acceptors (Lipinski definition) is 3.